The van der Waals surface area contributed by atoms with Gasteiger partial charge in [0.25, 0.3) is 0 Å². The van der Waals surface area contributed by atoms with Crippen molar-refractivity contribution in [1.82, 2.24) is 19.5 Å². The number of nitrogens with two attached hydrogens (primary N) is 1. The molecule has 0 aromatic carbocycles. The van der Waals surface area contributed by atoms with Crippen molar-refractivity contribution in [2.24, 2.45) is 0 Å². The molecule has 126 valence electrons. The van der Waals surface area contributed by atoms with Gasteiger partial charge in [-0.25, -0.2) is 9.97 Å². The first-order chi connectivity index (χ1) is 11.6. The number of fused-ring (bicyclic) bond motifs is 1. The first kappa shape index (κ1) is 15.1. The minimum absolute atomic E-state index is 0.307. The van der Waals surface area contributed by atoms with Gasteiger partial charge in [0, 0.05) is 29.7 Å². The maximum absolute atomic E-state index is 10.3. The Morgan fingerprint density at radius 2 is 2.12 bits per heavy atom. The summed E-state index contributed by atoms with van der Waals surface area (Å²) in [6.07, 6.45) is 2.53. The molecule has 9 heteroatoms. The van der Waals surface area contributed by atoms with E-state index in [9.17, 15) is 15.3 Å². The predicted octanol–water partition coefficient (Wildman–Crippen LogP) is -0.380. The second-order valence-electron chi connectivity index (χ2n) is 5.74. The van der Waals surface area contributed by atoms with E-state index < -0.39 is 31.1 Å². The van der Waals surface area contributed by atoms with Gasteiger partial charge in [0.1, 0.15) is 36.1 Å². The van der Waals surface area contributed by atoms with Crippen molar-refractivity contribution in [3.05, 3.63) is 31.0 Å². The lowest BCUT2D eigenvalue weighted by atomic mass is 10.1. The minimum Gasteiger partial charge on any atom is -0.394 e. The number of aliphatic hydroxyl groups excluding tert-OH is 3. The van der Waals surface area contributed by atoms with Crippen molar-refractivity contribution in [2.45, 2.75) is 24.5 Å². The number of H-pyrrole nitrogens is 1. The normalized spacial score (nSPS) is 27.1. The molecule has 0 aliphatic carbocycles. The summed E-state index contributed by atoms with van der Waals surface area (Å²) < 4.78 is 7.21. The van der Waals surface area contributed by atoms with Crippen LogP contribution in [0.2, 0.25) is 0 Å². The monoisotopic (exact) mass is 331 g/mol. The van der Waals surface area contributed by atoms with E-state index in [1.54, 1.807) is 17.0 Å². The number of aliphatic hydroxyl groups is 3. The average molecular weight is 331 g/mol. The lowest BCUT2D eigenvalue weighted by molar-refractivity contribution is -0.0508. The van der Waals surface area contributed by atoms with Crippen molar-refractivity contribution in [3.63, 3.8) is 0 Å². The third-order valence-corrected chi connectivity index (χ3v) is 4.34. The summed E-state index contributed by atoms with van der Waals surface area (Å²) in [5.74, 6) is 0.307. The minimum atomic E-state index is -1.20. The van der Waals surface area contributed by atoms with Gasteiger partial charge in [0.15, 0.2) is 6.23 Å². The van der Waals surface area contributed by atoms with Crippen LogP contribution < -0.4 is 5.73 Å². The SMILES string of the molecule is Nc1ncnc2c1c(-c1cc[nH]c1)cn2C1OC(CO)C(O)C1O. The number of aromatic amines is 1. The van der Waals surface area contributed by atoms with E-state index in [0.717, 1.165) is 11.1 Å². The molecule has 1 saturated heterocycles. The molecule has 0 radical (unpaired) electrons. The summed E-state index contributed by atoms with van der Waals surface area (Å²) in [5, 5.41) is 30.2. The van der Waals surface area contributed by atoms with Crippen LogP contribution in [0.5, 0.6) is 0 Å². The number of nitrogens with zero attached hydrogens (tertiary/aromatic N) is 3. The molecular formula is C15H17N5O4. The molecule has 4 unspecified atom stereocenters. The maximum atomic E-state index is 10.3. The van der Waals surface area contributed by atoms with Crippen LogP contribution in [0.4, 0.5) is 5.82 Å². The highest BCUT2D eigenvalue weighted by Gasteiger charge is 2.44. The fraction of sp³-hybridized carbons (Fsp3) is 0.333. The molecule has 0 amide bonds. The number of ether oxygens (including phenoxy) is 1. The first-order valence-corrected chi connectivity index (χ1v) is 7.48. The summed E-state index contributed by atoms with van der Waals surface area (Å²) in [6, 6.07) is 1.88. The molecule has 1 fully saturated rings. The Labute approximate surface area is 136 Å². The standard InChI is InChI=1S/C15H17N5O4/c16-13-10-8(7-1-2-17-3-7)4-20(14(10)19-6-18-13)15-12(23)11(22)9(5-21)24-15/h1-4,6,9,11-12,15,17,21-23H,5H2,(H2,16,18,19). The lowest BCUT2D eigenvalue weighted by Crippen LogP contribution is -2.33. The summed E-state index contributed by atoms with van der Waals surface area (Å²) in [5.41, 5.74) is 8.16. The molecule has 1 aliphatic rings. The fourth-order valence-corrected chi connectivity index (χ4v) is 3.12. The molecule has 3 aromatic heterocycles. The van der Waals surface area contributed by atoms with Gasteiger partial charge in [-0.15, -0.1) is 0 Å². The smallest absolute Gasteiger partial charge is 0.164 e. The van der Waals surface area contributed by atoms with Crippen LogP contribution in [0.3, 0.4) is 0 Å². The Morgan fingerprint density at radius 3 is 2.79 bits per heavy atom. The molecule has 9 nitrogen and oxygen atoms in total. The van der Waals surface area contributed by atoms with E-state index in [0.29, 0.717) is 16.9 Å². The zero-order chi connectivity index (χ0) is 16.8. The van der Waals surface area contributed by atoms with Crippen LogP contribution in [0, 0.1) is 0 Å². The molecular weight excluding hydrogens is 314 g/mol. The molecule has 4 rings (SSSR count). The van der Waals surface area contributed by atoms with Gasteiger partial charge in [-0.1, -0.05) is 0 Å². The molecule has 3 aromatic rings. The Kier molecular flexibility index (Phi) is 3.50. The van der Waals surface area contributed by atoms with Crippen LogP contribution in [-0.4, -0.2) is 59.8 Å². The summed E-state index contributed by atoms with van der Waals surface area (Å²) in [6.45, 7) is -0.393. The zero-order valence-electron chi connectivity index (χ0n) is 12.6. The number of rotatable bonds is 3. The van der Waals surface area contributed by atoms with Gasteiger partial charge >= 0.3 is 0 Å². The number of aromatic nitrogens is 4. The maximum Gasteiger partial charge on any atom is 0.164 e. The number of nitrogen functional groups attached to an aromatic ring is 1. The first-order valence-electron chi connectivity index (χ1n) is 7.48. The van der Waals surface area contributed by atoms with Gasteiger partial charge in [0.05, 0.1) is 12.0 Å². The van der Waals surface area contributed by atoms with Crippen molar-refractivity contribution in [3.8, 4) is 11.1 Å². The van der Waals surface area contributed by atoms with Crippen LogP contribution in [0.15, 0.2) is 31.0 Å². The second kappa shape index (κ2) is 5.56. The highest BCUT2D eigenvalue weighted by Crippen LogP contribution is 2.38. The molecule has 24 heavy (non-hydrogen) atoms. The average Bonchev–Trinajstić information content (AvgIpc) is 3.28. The largest absolute Gasteiger partial charge is 0.394 e. The number of hydrogen-bond acceptors (Lipinski definition) is 7. The Bertz CT molecular complexity index is 862. The highest BCUT2D eigenvalue weighted by molar-refractivity contribution is 6.00. The van der Waals surface area contributed by atoms with E-state index in [2.05, 4.69) is 15.0 Å². The number of nitrogens with one attached hydrogen (secondary N) is 1. The van der Waals surface area contributed by atoms with E-state index >= 15 is 0 Å². The van der Waals surface area contributed by atoms with Gasteiger partial charge in [-0.05, 0) is 6.07 Å². The summed E-state index contributed by atoms with van der Waals surface area (Å²) >= 11 is 0. The van der Waals surface area contributed by atoms with Gasteiger partial charge in [-0.2, -0.15) is 0 Å². The topological polar surface area (TPSA) is 142 Å². The van der Waals surface area contributed by atoms with Gasteiger partial charge < -0.3 is 35.3 Å². The van der Waals surface area contributed by atoms with Crippen LogP contribution >= 0.6 is 0 Å². The Morgan fingerprint density at radius 1 is 1.29 bits per heavy atom. The third kappa shape index (κ3) is 2.10. The van der Waals surface area contributed by atoms with E-state index in [-0.39, 0.29) is 0 Å². The molecule has 4 heterocycles. The van der Waals surface area contributed by atoms with E-state index in [1.807, 2.05) is 12.3 Å². The molecule has 6 N–H and O–H groups in total. The van der Waals surface area contributed by atoms with Crippen molar-refractivity contribution in [2.75, 3.05) is 12.3 Å². The van der Waals surface area contributed by atoms with Crippen LogP contribution in [0.1, 0.15) is 6.23 Å². The lowest BCUT2D eigenvalue weighted by Gasteiger charge is -2.17. The van der Waals surface area contributed by atoms with Gasteiger partial charge in [0.2, 0.25) is 0 Å². The second-order valence-corrected chi connectivity index (χ2v) is 5.74. The third-order valence-electron chi connectivity index (χ3n) is 4.34. The van der Waals surface area contributed by atoms with E-state index in [4.69, 9.17) is 10.5 Å². The predicted molar refractivity (Wildman–Crippen MR) is 84.7 cm³/mol. The fourth-order valence-electron chi connectivity index (χ4n) is 3.12. The quantitative estimate of drug-likeness (QED) is 0.440. The molecule has 0 saturated carbocycles. The Balaban J connectivity index is 1.90. The van der Waals surface area contributed by atoms with E-state index in [1.165, 1.54) is 6.33 Å². The van der Waals surface area contributed by atoms with Crippen molar-refractivity contribution in [1.29, 1.82) is 0 Å². The highest BCUT2D eigenvalue weighted by atomic mass is 16.6. The van der Waals surface area contributed by atoms with Crippen molar-refractivity contribution >= 4 is 16.9 Å². The molecule has 4 atom stereocenters. The molecule has 0 bridgehead atoms. The van der Waals surface area contributed by atoms with Crippen LogP contribution in [0.25, 0.3) is 22.2 Å². The Hall–Kier alpha value is -2.46. The van der Waals surface area contributed by atoms with Crippen molar-refractivity contribution < 1.29 is 20.1 Å². The summed E-state index contributed by atoms with van der Waals surface area (Å²) in [7, 11) is 0. The van der Waals surface area contributed by atoms with Crippen LogP contribution in [-0.2, 0) is 4.74 Å². The zero-order valence-corrected chi connectivity index (χ0v) is 12.6. The molecule has 1 aliphatic heterocycles. The summed E-state index contributed by atoms with van der Waals surface area (Å²) in [4.78, 5) is 11.3. The number of hydrogen-bond donors (Lipinski definition) is 5. The van der Waals surface area contributed by atoms with Gasteiger partial charge in [-0.3, -0.25) is 0 Å². The molecule has 0 spiro atoms. The number of anilines is 1.